The molecule has 26 heavy (non-hydrogen) atoms. The maximum Gasteiger partial charge on any atom is 0.326 e. The van der Waals surface area contributed by atoms with Crippen molar-refractivity contribution in [1.82, 2.24) is 20.9 Å². The van der Waals surface area contributed by atoms with E-state index in [1.165, 1.54) is 12.4 Å². The lowest BCUT2D eigenvalue weighted by Gasteiger charge is -2.13. The predicted octanol–water partition coefficient (Wildman–Crippen LogP) is -2.70. The number of aromatic nitrogens is 1. The van der Waals surface area contributed by atoms with Crippen molar-refractivity contribution in [2.75, 3.05) is 13.1 Å². The highest BCUT2D eigenvalue weighted by Gasteiger charge is 2.22. The lowest BCUT2D eigenvalue weighted by atomic mass is 10.2. The first kappa shape index (κ1) is 20.5. The number of carbonyl (C=O) groups excluding carboxylic acids is 4. The van der Waals surface area contributed by atoms with E-state index >= 15 is 0 Å². The van der Waals surface area contributed by atoms with E-state index in [0.717, 1.165) is 5.56 Å². The number of carboxylic acids is 1. The zero-order valence-corrected chi connectivity index (χ0v) is 13.7. The Hall–Kier alpha value is -3.50. The van der Waals surface area contributed by atoms with Crippen LogP contribution in [0.1, 0.15) is 12.0 Å². The second-order valence-electron chi connectivity index (χ2n) is 5.21. The Morgan fingerprint density at radius 1 is 1.00 bits per heavy atom. The van der Waals surface area contributed by atoms with Crippen LogP contribution in [0, 0.1) is 0 Å². The van der Waals surface area contributed by atoms with Crippen LogP contribution in [0.5, 0.6) is 0 Å². The van der Waals surface area contributed by atoms with E-state index in [1.807, 2.05) is 0 Å². The molecule has 4 amide bonds. The smallest absolute Gasteiger partial charge is 0.326 e. The lowest BCUT2D eigenvalue weighted by molar-refractivity contribution is -0.143. The molecule has 11 nitrogen and oxygen atoms in total. The van der Waals surface area contributed by atoms with Gasteiger partial charge in [0.25, 0.3) is 0 Å². The maximum atomic E-state index is 11.7. The molecular weight excluding hydrogens is 346 g/mol. The Kier molecular flexibility index (Phi) is 8.20. The molecule has 0 spiro atoms. The fraction of sp³-hybridized carbons (Fsp3) is 0.333. The first-order valence-electron chi connectivity index (χ1n) is 7.50. The van der Waals surface area contributed by atoms with Crippen molar-refractivity contribution in [3.63, 3.8) is 0 Å². The highest BCUT2D eigenvalue weighted by Crippen LogP contribution is 1.96. The first-order valence-corrected chi connectivity index (χ1v) is 7.50. The number of rotatable bonds is 10. The Morgan fingerprint density at radius 2 is 1.58 bits per heavy atom. The van der Waals surface area contributed by atoms with Gasteiger partial charge in [-0.15, -0.1) is 0 Å². The SMILES string of the molecule is NC(=O)CC(NC(=O)CNC(=O)CNC(=O)Cc1ccncc1)C(=O)O. The van der Waals surface area contributed by atoms with Crippen molar-refractivity contribution >= 4 is 29.6 Å². The van der Waals surface area contributed by atoms with Crippen LogP contribution in [0.25, 0.3) is 0 Å². The molecule has 1 aromatic heterocycles. The van der Waals surface area contributed by atoms with Crippen LogP contribution < -0.4 is 21.7 Å². The number of primary amides is 1. The minimum absolute atomic E-state index is 0.0731. The number of amides is 4. The first-order chi connectivity index (χ1) is 12.3. The molecule has 1 unspecified atom stereocenters. The molecule has 0 aliphatic rings. The molecule has 1 heterocycles. The van der Waals surface area contributed by atoms with Crippen LogP contribution in [0.4, 0.5) is 0 Å². The van der Waals surface area contributed by atoms with Crippen LogP contribution in [-0.2, 0) is 30.4 Å². The third-order valence-corrected chi connectivity index (χ3v) is 3.04. The van der Waals surface area contributed by atoms with Crippen molar-refractivity contribution < 1.29 is 29.1 Å². The number of hydrogen-bond donors (Lipinski definition) is 5. The summed E-state index contributed by atoms with van der Waals surface area (Å²) in [6.45, 7) is -0.859. The van der Waals surface area contributed by atoms with Gasteiger partial charge in [-0.1, -0.05) is 0 Å². The molecule has 11 heteroatoms. The molecule has 1 rings (SSSR count). The zero-order valence-electron chi connectivity index (χ0n) is 13.7. The lowest BCUT2D eigenvalue weighted by Crippen LogP contribution is -2.48. The van der Waals surface area contributed by atoms with E-state index in [2.05, 4.69) is 20.9 Å². The van der Waals surface area contributed by atoms with Crippen LogP contribution in [0.15, 0.2) is 24.5 Å². The number of pyridine rings is 1. The van der Waals surface area contributed by atoms with E-state index in [1.54, 1.807) is 12.1 Å². The average Bonchev–Trinajstić information content (AvgIpc) is 2.58. The van der Waals surface area contributed by atoms with Gasteiger partial charge in [-0.3, -0.25) is 24.2 Å². The monoisotopic (exact) mass is 365 g/mol. The molecule has 0 aliphatic heterocycles. The van der Waals surface area contributed by atoms with Crippen LogP contribution in [-0.4, -0.2) is 58.8 Å². The van der Waals surface area contributed by atoms with E-state index in [4.69, 9.17) is 10.8 Å². The largest absolute Gasteiger partial charge is 0.480 e. The van der Waals surface area contributed by atoms with Gasteiger partial charge in [0.15, 0.2) is 0 Å². The van der Waals surface area contributed by atoms with Gasteiger partial charge in [-0.2, -0.15) is 0 Å². The Bertz CT molecular complexity index is 678. The van der Waals surface area contributed by atoms with Crippen molar-refractivity contribution in [3.8, 4) is 0 Å². The third kappa shape index (κ3) is 8.38. The molecule has 1 atom stereocenters. The van der Waals surface area contributed by atoms with Gasteiger partial charge in [-0.25, -0.2) is 4.79 Å². The van der Waals surface area contributed by atoms with Crippen molar-refractivity contribution in [2.45, 2.75) is 18.9 Å². The Balaban J connectivity index is 2.30. The van der Waals surface area contributed by atoms with Gasteiger partial charge in [0.2, 0.25) is 23.6 Å². The van der Waals surface area contributed by atoms with Crippen LogP contribution in [0.2, 0.25) is 0 Å². The maximum absolute atomic E-state index is 11.7. The van der Waals surface area contributed by atoms with Gasteiger partial charge in [0.05, 0.1) is 25.9 Å². The van der Waals surface area contributed by atoms with Crippen molar-refractivity contribution in [1.29, 1.82) is 0 Å². The van der Waals surface area contributed by atoms with Gasteiger partial charge in [0, 0.05) is 12.4 Å². The number of aliphatic carboxylic acids is 1. The van der Waals surface area contributed by atoms with Gasteiger partial charge in [-0.05, 0) is 17.7 Å². The van der Waals surface area contributed by atoms with Gasteiger partial charge < -0.3 is 26.8 Å². The molecular formula is C15H19N5O6. The Labute approximate surface area is 148 Å². The minimum atomic E-state index is -1.48. The minimum Gasteiger partial charge on any atom is -0.480 e. The molecule has 0 saturated heterocycles. The fourth-order valence-corrected chi connectivity index (χ4v) is 1.82. The molecule has 0 saturated carbocycles. The topological polar surface area (TPSA) is 181 Å². The summed E-state index contributed by atoms with van der Waals surface area (Å²) < 4.78 is 0. The number of nitrogens with two attached hydrogens (primary N) is 1. The third-order valence-electron chi connectivity index (χ3n) is 3.04. The molecule has 0 bridgehead atoms. The van der Waals surface area contributed by atoms with E-state index < -0.39 is 42.7 Å². The number of nitrogens with one attached hydrogen (secondary N) is 3. The summed E-state index contributed by atoms with van der Waals surface area (Å²) in [6.07, 6.45) is 2.58. The fourth-order valence-electron chi connectivity index (χ4n) is 1.82. The van der Waals surface area contributed by atoms with Crippen molar-refractivity contribution in [3.05, 3.63) is 30.1 Å². The van der Waals surface area contributed by atoms with E-state index in [0.29, 0.717) is 0 Å². The average molecular weight is 365 g/mol. The van der Waals surface area contributed by atoms with E-state index in [-0.39, 0.29) is 18.9 Å². The summed E-state index contributed by atoms with van der Waals surface area (Å²) in [6, 6.07) is 1.85. The molecule has 0 aliphatic carbocycles. The molecule has 1 aromatic rings. The van der Waals surface area contributed by atoms with Gasteiger partial charge in [0.1, 0.15) is 6.04 Å². The standard InChI is InChI=1S/C15H19N5O6/c16-11(21)6-10(15(25)26)20-14(24)8-19-13(23)7-18-12(22)5-9-1-3-17-4-2-9/h1-4,10H,5-8H2,(H2,16,21)(H,18,22)(H,19,23)(H,20,24)(H,25,26). The number of nitrogens with zero attached hydrogens (tertiary/aromatic N) is 1. The summed E-state index contributed by atoms with van der Waals surface area (Å²) >= 11 is 0. The molecule has 6 N–H and O–H groups in total. The summed E-state index contributed by atoms with van der Waals surface area (Å²) in [5, 5.41) is 15.5. The highest BCUT2D eigenvalue weighted by atomic mass is 16.4. The van der Waals surface area contributed by atoms with Crippen LogP contribution >= 0.6 is 0 Å². The van der Waals surface area contributed by atoms with Crippen LogP contribution in [0.3, 0.4) is 0 Å². The second kappa shape index (κ2) is 10.4. The second-order valence-corrected chi connectivity index (χ2v) is 5.21. The number of carbonyl (C=O) groups is 5. The molecule has 0 fully saturated rings. The number of carboxylic acid groups (broad SMARTS) is 1. The molecule has 0 radical (unpaired) electrons. The highest BCUT2D eigenvalue weighted by molar-refractivity contribution is 5.91. The quantitative estimate of drug-likeness (QED) is 0.299. The normalized spacial score (nSPS) is 11.1. The molecule has 140 valence electrons. The predicted molar refractivity (Wildman–Crippen MR) is 87.3 cm³/mol. The summed E-state index contributed by atoms with van der Waals surface area (Å²) in [4.78, 5) is 60.3. The number of hydrogen-bond acceptors (Lipinski definition) is 6. The molecule has 0 aromatic carbocycles. The van der Waals surface area contributed by atoms with Gasteiger partial charge >= 0.3 is 5.97 Å². The summed E-state index contributed by atoms with van der Waals surface area (Å²) in [5.41, 5.74) is 5.61. The van der Waals surface area contributed by atoms with Crippen molar-refractivity contribution in [2.24, 2.45) is 5.73 Å². The zero-order chi connectivity index (χ0) is 19.5. The van der Waals surface area contributed by atoms with E-state index in [9.17, 15) is 24.0 Å². The Morgan fingerprint density at radius 3 is 2.15 bits per heavy atom. The summed E-state index contributed by atoms with van der Waals surface area (Å²) in [5.74, 6) is -4.14. The summed E-state index contributed by atoms with van der Waals surface area (Å²) in [7, 11) is 0.